The highest BCUT2D eigenvalue weighted by Crippen LogP contribution is 2.51. The number of allylic oxidation sites excluding steroid dienone is 10. The maximum Gasteiger partial charge on any atom is 0.316 e. The summed E-state index contributed by atoms with van der Waals surface area (Å²) in [7, 11) is 1.55. The molecule has 8 aliphatic heterocycles. The van der Waals surface area contributed by atoms with Crippen molar-refractivity contribution < 1.29 is 77.9 Å². The van der Waals surface area contributed by atoms with Crippen LogP contribution < -0.4 is 0 Å². The normalized spacial score (nSPS) is 46.5. The van der Waals surface area contributed by atoms with E-state index in [2.05, 4.69) is 111 Å². The molecule has 1 saturated carbocycles. The van der Waals surface area contributed by atoms with Crippen molar-refractivity contribution in [3.8, 4) is 0 Å². The first-order valence-electron chi connectivity index (χ1n) is 33.5. The van der Waals surface area contributed by atoms with Crippen molar-refractivity contribution in [2.24, 2.45) is 58.4 Å². The van der Waals surface area contributed by atoms with Gasteiger partial charge in [0.1, 0.15) is 54.7 Å². The molecule has 0 aromatic carbocycles. The molecule has 1 unspecified atom stereocenters. The lowest BCUT2D eigenvalue weighted by molar-refractivity contribution is -0.343. The van der Waals surface area contributed by atoms with Crippen LogP contribution in [0.15, 0.2) is 111 Å². The molecule has 8 heterocycles. The molecule has 10 aliphatic rings. The second-order valence-electron chi connectivity index (χ2n) is 29.3. The molecule has 90 heavy (non-hydrogen) atoms. The number of hydrogen-bond donors (Lipinski definition) is 5. The molecule has 22 atom stereocenters. The minimum atomic E-state index is -1.74. The van der Waals surface area contributed by atoms with Gasteiger partial charge in [-0.05, 0) is 124 Å². The Morgan fingerprint density at radius 2 is 1.19 bits per heavy atom. The van der Waals surface area contributed by atoms with E-state index in [1.807, 2.05) is 45.1 Å². The van der Waals surface area contributed by atoms with Crippen molar-refractivity contribution in [2.75, 3.05) is 20.3 Å². The molecule has 0 aromatic heterocycles. The minimum Gasteiger partial charge on any atom is -0.462 e. The number of oxime groups is 1. The van der Waals surface area contributed by atoms with Crippen LogP contribution in [0.4, 0.5) is 0 Å². The van der Waals surface area contributed by atoms with Crippen molar-refractivity contribution in [3.05, 3.63) is 106 Å². The number of carbonyl (C=O) groups excluding carboxylic acids is 2. The third-order valence-electron chi connectivity index (χ3n) is 20.7. The smallest absolute Gasteiger partial charge is 0.316 e. The largest absolute Gasteiger partial charge is 0.462 e. The summed E-state index contributed by atoms with van der Waals surface area (Å²) >= 11 is 0. The Bertz CT molecular complexity index is 2910. The summed E-state index contributed by atoms with van der Waals surface area (Å²) in [5.74, 6) is -4.44. The molecule has 0 aromatic rings. The van der Waals surface area contributed by atoms with Crippen LogP contribution in [-0.4, -0.2) is 153 Å². The molecule has 500 valence electrons. The van der Waals surface area contributed by atoms with Crippen LogP contribution in [0, 0.1) is 53.3 Å². The average Bonchev–Trinajstić information content (AvgIpc) is 1.49. The Morgan fingerprint density at radius 1 is 0.667 bits per heavy atom. The lowest BCUT2D eigenvalue weighted by Crippen LogP contribution is -2.61. The fourth-order valence-corrected chi connectivity index (χ4v) is 16.2. The quantitative estimate of drug-likeness (QED) is 0.0979. The highest BCUT2D eigenvalue weighted by atomic mass is 16.7. The number of rotatable bonds is 5. The van der Waals surface area contributed by atoms with Crippen molar-refractivity contribution in [1.82, 2.24) is 0 Å². The summed E-state index contributed by atoms with van der Waals surface area (Å²) in [6, 6.07) is 0. The molecule has 6 saturated heterocycles. The van der Waals surface area contributed by atoms with Gasteiger partial charge in [-0.25, -0.2) is 0 Å². The number of aliphatic hydroxyl groups excluding tert-OH is 3. The van der Waals surface area contributed by atoms with E-state index in [9.17, 15) is 35.1 Å². The van der Waals surface area contributed by atoms with Gasteiger partial charge >= 0.3 is 11.9 Å². The zero-order valence-corrected chi connectivity index (χ0v) is 56.3. The maximum atomic E-state index is 14.2. The van der Waals surface area contributed by atoms with E-state index in [0.717, 1.165) is 29.7 Å². The fourth-order valence-electron chi connectivity index (χ4n) is 16.2. The average molecular weight is 1250 g/mol. The summed E-state index contributed by atoms with van der Waals surface area (Å²) < 4.78 is 51.8. The fraction of sp³-hybridized carbons (Fsp3) is 0.712. The highest BCUT2D eigenvalue weighted by molar-refractivity contribution is 5.88. The lowest BCUT2D eigenvalue weighted by Gasteiger charge is -2.51. The van der Waals surface area contributed by atoms with Gasteiger partial charge in [0.2, 0.25) is 0 Å². The second-order valence-corrected chi connectivity index (χ2v) is 29.3. The Hall–Kier alpha value is -4.37. The van der Waals surface area contributed by atoms with Crippen LogP contribution in [0.5, 0.6) is 0 Å². The third kappa shape index (κ3) is 15.1. The van der Waals surface area contributed by atoms with E-state index in [-0.39, 0.29) is 80.1 Å². The molecule has 10 rings (SSSR count). The van der Waals surface area contributed by atoms with Crippen LogP contribution in [0.3, 0.4) is 0 Å². The number of esters is 2. The molecular weight excluding hydrogens is 1150 g/mol. The summed E-state index contributed by atoms with van der Waals surface area (Å²) in [5.41, 5.74) is 3.75. The van der Waals surface area contributed by atoms with Crippen LogP contribution in [0.1, 0.15) is 168 Å². The van der Waals surface area contributed by atoms with Crippen molar-refractivity contribution in [3.63, 3.8) is 0 Å². The predicted molar refractivity (Wildman–Crippen MR) is 343 cm³/mol. The Labute approximate surface area is 535 Å². The van der Waals surface area contributed by atoms with E-state index in [1.54, 1.807) is 20.1 Å². The number of aliphatic hydroxyl groups is 5. The molecule has 2 aliphatic carbocycles. The summed E-state index contributed by atoms with van der Waals surface area (Å²) in [6.07, 6.45) is 20.9. The van der Waals surface area contributed by atoms with E-state index >= 15 is 0 Å². The Kier molecular flexibility index (Phi) is 22.3. The molecule has 0 radical (unpaired) electrons. The Morgan fingerprint density at radius 3 is 1.77 bits per heavy atom. The first-order valence-corrected chi connectivity index (χ1v) is 33.5. The van der Waals surface area contributed by atoms with Gasteiger partial charge in [0.05, 0.1) is 61.5 Å². The van der Waals surface area contributed by atoms with Crippen LogP contribution in [0.25, 0.3) is 0 Å². The molecule has 17 nitrogen and oxygen atoms in total. The topological polar surface area (TPSA) is 231 Å². The predicted octanol–water partition coefficient (Wildman–Crippen LogP) is 10.9. The van der Waals surface area contributed by atoms with E-state index in [4.69, 9.17) is 42.7 Å². The van der Waals surface area contributed by atoms with Gasteiger partial charge in [-0.1, -0.05) is 145 Å². The van der Waals surface area contributed by atoms with Gasteiger partial charge in [0, 0.05) is 50.4 Å². The lowest BCUT2D eigenvalue weighted by atomic mass is 9.66. The zero-order valence-electron chi connectivity index (χ0n) is 56.3. The highest BCUT2D eigenvalue weighted by Gasteiger charge is 2.63. The summed E-state index contributed by atoms with van der Waals surface area (Å²) in [5, 5.41) is 62.1. The van der Waals surface area contributed by atoms with Crippen LogP contribution >= 0.6 is 0 Å². The molecule has 4 bridgehead atoms. The van der Waals surface area contributed by atoms with Crippen molar-refractivity contribution in [2.45, 2.75) is 257 Å². The minimum absolute atomic E-state index is 0.0340. The van der Waals surface area contributed by atoms with Gasteiger partial charge < -0.3 is 68.3 Å². The summed E-state index contributed by atoms with van der Waals surface area (Å²) in [4.78, 5) is 33.5. The second kappa shape index (κ2) is 28.7. The van der Waals surface area contributed by atoms with Crippen molar-refractivity contribution >= 4 is 17.7 Å². The molecule has 5 N–H and O–H groups in total. The third-order valence-corrected chi connectivity index (χ3v) is 20.7. The number of carbonyl (C=O) groups is 2. The molecule has 7 fully saturated rings. The van der Waals surface area contributed by atoms with Crippen LogP contribution in [0.2, 0.25) is 0 Å². The van der Waals surface area contributed by atoms with Gasteiger partial charge in [0.15, 0.2) is 11.6 Å². The Balaban J connectivity index is 0.000000214. The van der Waals surface area contributed by atoms with Crippen molar-refractivity contribution in [1.29, 1.82) is 0 Å². The zero-order chi connectivity index (χ0) is 65.4. The van der Waals surface area contributed by atoms with Gasteiger partial charge in [-0.3, -0.25) is 9.59 Å². The van der Waals surface area contributed by atoms with Gasteiger partial charge in [-0.15, -0.1) is 0 Å². The monoisotopic (exact) mass is 1250 g/mol. The first kappa shape index (κ1) is 70.0. The first-order chi connectivity index (χ1) is 42.5. The molecular formula is C73H107NO16. The van der Waals surface area contributed by atoms with Gasteiger partial charge in [-0.2, -0.15) is 0 Å². The van der Waals surface area contributed by atoms with E-state index < -0.39 is 89.3 Å². The van der Waals surface area contributed by atoms with E-state index in [1.165, 1.54) is 11.1 Å². The summed E-state index contributed by atoms with van der Waals surface area (Å²) in [6.45, 7) is 29.2. The standard InChI is InChI=1S/C37H53NO8.C36H54O8/c1-21(2)14-25(6)33-26(7)31(38-42-8)19-36(46-33)18-29-17-28(45-36)13-12-23(4)15-22(3)10-9-11-27-20-43-34-32(39)24(5)16-30(35(40)44-29)37(27,34)41;1-20(2)13-24(6)32-25(7)30(37)18-35(44-32)17-28-16-27(43-35)12-11-22(4)14-21(3)9-8-10-26-19-41-33-31(38)23(5)15-29(34(39)42-28)36(26,33)40/h9-12,14,16,21-22,26,28-30,32-34,39,41H,13,15,17-20H2,1-8H3;8-11,13,20-21,23,25,27-33,37-38,40H,12,14-19H2,1-7H3/b10-9+,23-12+,25-14+,27-11+,38-31-;9-8+,22-11+,24-13+,26-10+/t22-,26-,28+,29-,30-,32+,33+,34+,36-,37+;21-,23?,25-,27+,28-,29-,30-,31+,32+,33+,35-,36+/m00/s1. The molecule has 17 heteroatoms. The number of nitrogens with zero attached hydrogens (tertiary/aromatic N) is 1. The maximum absolute atomic E-state index is 14.2. The van der Waals surface area contributed by atoms with Gasteiger partial charge in [0.25, 0.3) is 0 Å². The SMILES string of the molecule is C/C1=C\C[C@@H]2C[C@@H](C[C@]3(C[C@H](O)[C@H](C)[C@@H](/C(C)=C/C(C)C)O3)O2)OC(=O)[C@@H]2CC(C)[C@@H](O)[C@H]3OC/C(=C\C=C\[C@H](C)C1)[C@]32O.CO/N=C1/C[C@]2(C[C@@H]3C[C@@H](C/C=C(\C)C[C@@H](C)/C=C/C=C4\CO[C@@H]5[C@H](O)C(C)=C[C@@H](C(=O)O3)[C@]45O)O2)O[C@H](/C(C)=C/C(C)C)[C@H]1C. The number of hydrogen-bond acceptors (Lipinski definition) is 17. The molecule has 2 spiro atoms. The molecule has 0 amide bonds. The van der Waals surface area contributed by atoms with E-state index in [0.29, 0.717) is 73.5 Å². The number of fused-ring (bicyclic) bond motifs is 4. The number of ether oxygens (including phenoxy) is 8. The van der Waals surface area contributed by atoms with Crippen LogP contribution in [-0.2, 0) is 52.3 Å².